The molecule has 0 saturated heterocycles. The first-order valence-corrected chi connectivity index (χ1v) is 5.65. The zero-order valence-electron chi connectivity index (χ0n) is 8.41. The molecule has 0 saturated carbocycles. The summed E-state index contributed by atoms with van der Waals surface area (Å²) < 4.78 is 26.0. The lowest BCUT2D eigenvalue weighted by Crippen LogP contribution is -2.30. The van der Waals surface area contributed by atoms with Gasteiger partial charge in [0.05, 0.1) is 12.2 Å². The van der Waals surface area contributed by atoms with Crippen molar-refractivity contribution >= 4 is 15.9 Å². The molecule has 0 spiro atoms. The number of halogens is 3. The van der Waals surface area contributed by atoms with Crippen LogP contribution in [-0.2, 0) is 13.6 Å². The van der Waals surface area contributed by atoms with Crippen LogP contribution in [0, 0.1) is 0 Å². The van der Waals surface area contributed by atoms with E-state index in [0.29, 0.717) is 24.1 Å². The normalized spacial score (nSPS) is 11.6. The minimum atomic E-state index is -2.32. The Kier molecular flexibility index (Phi) is 5.10. The lowest BCUT2D eigenvalue weighted by atomic mass is 10.4. The molecule has 0 N–H and O–H groups in total. The number of nitrogens with zero attached hydrogens (tertiary/aromatic N) is 4. The molecule has 0 bridgehead atoms. The van der Waals surface area contributed by atoms with E-state index in [4.69, 9.17) is 0 Å². The Bertz CT molecular complexity index is 292. The molecule has 4 nitrogen and oxygen atoms in total. The molecule has 0 radical (unpaired) electrons. The second-order valence-electron chi connectivity index (χ2n) is 3.20. The van der Waals surface area contributed by atoms with Crippen LogP contribution in [0.15, 0.2) is 6.20 Å². The highest BCUT2D eigenvalue weighted by Gasteiger charge is 2.13. The molecule has 0 aliphatic rings. The van der Waals surface area contributed by atoms with Crippen molar-refractivity contribution in [1.82, 2.24) is 19.9 Å². The van der Waals surface area contributed by atoms with E-state index in [0.717, 1.165) is 0 Å². The summed E-state index contributed by atoms with van der Waals surface area (Å²) in [4.78, 5) is 1.64. The maximum absolute atomic E-state index is 12.2. The van der Waals surface area contributed by atoms with Gasteiger partial charge in [0.25, 0.3) is 6.43 Å². The van der Waals surface area contributed by atoms with E-state index in [9.17, 15) is 8.78 Å². The zero-order chi connectivity index (χ0) is 11.3. The van der Waals surface area contributed by atoms with Gasteiger partial charge in [0, 0.05) is 31.7 Å². The van der Waals surface area contributed by atoms with Crippen molar-refractivity contribution in [3.05, 3.63) is 11.9 Å². The maximum Gasteiger partial charge on any atom is 0.251 e. The van der Waals surface area contributed by atoms with Gasteiger partial charge in [-0.3, -0.25) is 9.58 Å². The van der Waals surface area contributed by atoms with Crippen LogP contribution in [0.4, 0.5) is 8.78 Å². The first-order chi connectivity index (χ1) is 7.11. The van der Waals surface area contributed by atoms with Crippen LogP contribution >= 0.6 is 15.9 Å². The molecule has 1 aromatic heterocycles. The number of aryl methyl sites for hydroxylation is 1. The lowest BCUT2D eigenvalue weighted by molar-refractivity contribution is 0.0875. The second kappa shape index (κ2) is 6.12. The highest BCUT2D eigenvalue weighted by atomic mass is 79.9. The van der Waals surface area contributed by atoms with Gasteiger partial charge in [0.2, 0.25) is 0 Å². The third-order valence-electron chi connectivity index (χ3n) is 1.83. The number of alkyl halides is 3. The summed E-state index contributed by atoms with van der Waals surface area (Å²) in [7, 11) is 1.75. The van der Waals surface area contributed by atoms with Crippen LogP contribution in [0.1, 0.15) is 5.69 Å². The fourth-order valence-electron chi connectivity index (χ4n) is 1.25. The van der Waals surface area contributed by atoms with Crippen molar-refractivity contribution in [2.24, 2.45) is 7.05 Å². The van der Waals surface area contributed by atoms with E-state index in [1.807, 2.05) is 0 Å². The first kappa shape index (κ1) is 12.5. The fourth-order valence-corrected chi connectivity index (χ4v) is 1.75. The van der Waals surface area contributed by atoms with E-state index < -0.39 is 6.43 Å². The molecule has 0 aliphatic heterocycles. The Balaban J connectivity index is 2.50. The van der Waals surface area contributed by atoms with Crippen LogP contribution in [0.3, 0.4) is 0 Å². The minimum absolute atomic E-state index is 0.234. The number of hydrogen-bond donors (Lipinski definition) is 0. The molecule has 0 unspecified atom stereocenters. The van der Waals surface area contributed by atoms with Gasteiger partial charge in [-0.1, -0.05) is 21.1 Å². The Labute approximate surface area is 95.4 Å². The van der Waals surface area contributed by atoms with E-state index in [1.165, 1.54) is 0 Å². The summed E-state index contributed by atoms with van der Waals surface area (Å²) in [6.07, 6.45) is -0.590. The van der Waals surface area contributed by atoms with Crippen molar-refractivity contribution in [3.63, 3.8) is 0 Å². The minimum Gasteiger partial charge on any atom is -0.291 e. The summed E-state index contributed by atoms with van der Waals surface area (Å²) in [6.45, 7) is 0.743. The van der Waals surface area contributed by atoms with E-state index in [1.54, 1.807) is 22.8 Å². The molecular weight excluding hydrogens is 270 g/mol. The predicted molar refractivity (Wildman–Crippen MR) is 56.1 cm³/mol. The van der Waals surface area contributed by atoms with Crippen LogP contribution in [0.25, 0.3) is 0 Å². The summed E-state index contributed by atoms with van der Waals surface area (Å²) in [5.41, 5.74) is 0.708. The number of hydrogen-bond acceptors (Lipinski definition) is 3. The lowest BCUT2D eigenvalue weighted by Gasteiger charge is -2.18. The largest absolute Gasteiger partial charge is 0.291 e. The van der Waals surface area contributed by atoms with Crippen LogP contribution < -0.4 is 0 Å². The Hall–Kier alpha value is -0.560. The van der Waals surface area contributed by atoms with Gasteiger partial charge in [-0.2, -0.15) is 0 Å². The third kappa shape index (κ3) is 4.65. The molecule has 86 valence electrons. The number of rotatable bonds is 6. The standard InChI is InChI=1S/C8H13BrF2N4/c1-14-4-7(12-13-14)5-15(3-2-9)6-8(10)11/h4,8H,2-3,5-6H2,1H3. The zero-order valence-corrected chi connectivity index (χ0v) is 9.99. The summed E-state index contributed by atoms with van der Waals surface area (Å²) in [6, 6.07) is 0. The molecule has 1 heterocycles. The van der Waals surface area contributed by atoms with Crippen LogP contribution in [0.2, 0.25) is 0 Å². The average molecular weight is 283 g/mol. The summed E-state index contributed by atoms with van der Waals surface area (Å²) >= 11 is 3.23. The van der Waals surface area contributed by atoms with Crippen molar-refractivity contribution in [1.29, 1.82) is 0 Å². The van der Waals surface area contributed by atoms with Gasteiger partial charge in [0.15, 0.2) is 0 Å². The highest BCUT2D eigenvalue weighted by Crippen LogP contribution is 2.04. The first-order valence-electron chi connectivity index (χ1n) is 4.53. The Morgan fingerprint density at radius 3 is 2.80 bits per heavy atom. The SMILES string of the molecule is Cn1cc(CN(CCBr)CC(F)F)nn1. The van der Waals surface area contributed by atoms with Crippen LogP contribution in [-0.4, -0.2) is 44.7 Å². The molecule has 0 atom stereocenters. The van der Waals surface area contributed by atoms with Gasteiger partial charge in [-0.05, 0) is 0 Å². The van der Waals surface area contributed by atoms with Crippen molar-refractivity contribution in [3.8, 4) is 0 Å². The summed E-state index contributed by atoms with van der Waals surface area (Å²) in [5.74, 6) is 0. The average Bonchev–Trinajstić information content (AvgIpc) is 2.50. The quantitative estimate of drug-likeness (QED) is 0.737. The molecule has 7 heteroatoms. The molecular formula is C8H13BrF2N4. The smallest absolute Gasteiger partial charge is 0.251 e. The monoisotopic (exact) mass is 282 g/mol. The maximum atomic E-state index is 12.2. The molecule has 0 aromatic carbocycles. The Morgan fingerprint density at radius 2 is 2.33 bits per heavy atom. The predicted octanol–water partition coefficient (Wildman–Crippen LogP) is 1.28. The van der Waals surface area contributed by atoms with E-state index in [2.05, 4.69) is 26.2 Å². The van der Waals surface area contributed by atoms with Crippen molar-refractivity contribution in [2.45, 2.75) is 13.0 Å². The van der Waals surface area contributed by atoms with Crippen molar-refractivity contribution in [2.75, 3.05) is 18.4 Å². The second-order valence-corrected chi connectivity index (χ2v) is 3.99. The third-order valence-corrected chi connectivity index (χ3v) is 2.19. The molecule has 0 aliphatic carbocycles. The summed E-state index contributed by atoms with van der Waals surface area (Å²) in [5, 5.41) is 8.27. The molecule has 1 aromatic rings. The molecule has 15 heavy (non-hydrogen) atoms. The Morgan fingerprint density at radius 1 is 1.60 bits per heavy atom. The van der Waals surface area contributed by atoms with Gasteiger partial charge in [0.1, 0.15) is 0 Å². The van der Waals surface area contributed by atoms with Crippen LogP contribution in [0.5, 0.6) is 0 Å². The molecule has 0 fully saturated rings. The van der Waals surface area contributed by atoms with Gasteiger partial charge in [-0.25, -0.2) is 8.78 Å². The van der Waals surface area contributed by atoms with Gasteiger partial charge in [-0.15, -0.1) is 5.10 Å². The molecule has 0 amide bonds. The highest BCUT2D eigenvalue weighted by molar-refractivity contribution is 9.09. The fraction of sp³-hybridized carbons (Fsp3) is 0.750. The van der Waals surface area contributed by atoms with E-state index in [-0.39, 0.29) is 6.54 Å². The topological polar surface area (TPSA) is 34.0 Å². The molecule has 1 rings (SSSR count). The van der Waals surface area contributed by atoms with Crippen molar-refractivity contribution < 1.29 is 8.78 Å². The van der Waals surface area contributed by atoms with Gasteiger partial charge < -0.3 is 0 Å². The van der Waals surface area contributed by atoms with E-state index >= 15 is 0 Å². The van der Waals surface area contributed by atoms with Gasteiger partial charge >= 0.3 is 0 Å². The number of aromatic nitrogens is 3.